The first-order valence-electron chi connectivity index (χ1n) is 4.66. The number of alkyl halides is 1. The van der Waals surface area contributed by atoms with Crippen LogP contribution in [0.5, 0.6) is 0 Å². The molecule has 0 fully saturated rings. The molecule has 0 bridgehead atoms. The van der Waals surface area contributed by atoms with Crippen LogP contribution in [-0.2, 0) is 16.4 Å². The molecule has 1 atom stereocenters. The Morgan fingerprint density at radius 3 is 2.67 bits per heavy atom. The molecule has 0 aliphatic heterocycles. The van der Waals surface area contributed by atoms with Crippen LogP contribution in [0, 0.1) is 0 Å². The summed E-state index contributed by atoms with van der Waals surface area (Å²) in [5, 5.41) is 0. The highest BCUT2D eigenvalue weighted by molar-refractivity contribution is 7.91. The molecule has 6 heteroatoms. The van der Waals surface area contributed by atoms with Crippen LogP contribution in [0.3, 0.4) is 0 Å². The van der Waals surface area contributed by atoms with Crippen LogP contribution < -0.4 is 4.72 Å². The minimum Gasteiger partial charge on any atom is -0.206 e. The van der Waals surface area contributed by atoms with E-state index >= 15 is 0 Å². The number of hydrogen-bond acceptors (Lipinski definition) is 3. The summed E-state index contributed by atoms with van der Waals surface area (Å²) < 4.78 is 26.4. The van der Waals surface area contributed by atoms with Crippen molar-refractivity contribution in [1.29, 1.82) is 0 Å². The summed E-state index contributed by atoms with van der Waals surface area (Å²) in [6, 6.07) is 3.22. The van der Waals surface area contributed by atoms with Crippen LogP contribution in [0.4, 0.5) is 0 Å². The Hall–Kier alpha value is -0.100. The van der Waals surface area contributed by atoms with Gasteiger partial charge in [-0.25, -0.2) is 13.1 Å². The molecule has 0 aliphatic carbocycles. The largest absolute Gasteiger partial charge is 0.250 e. The third-order valence-corrected chi connectivity index (χ3v) is 5.61. The maximum atomic E-state index is 11.8. The van der Waals surface area contributed by atoms with E-state index in [0.29, 0.717) is 4.21 Å². The van der Waals surface area contributed by atoms with Crippen molar-refractivity contribution in [2.45, 2.75) is 30.5 Å². The van der Waals surface area contributed by atoms with Gasteiger partial charge in [-0.05, 0) is 25.5 Å². The number of thiophene rings is 1. The molecule has 0 radical (unpaired) electrons. The lowest BCUT2D eigenvalue weighted by molar-refractivity contribution is 0.573. The lowest BCUT2D eigenvalue weighted by Crippen LogP contribution is -2.33. The average molecular weight is 268 g/mol. The predicted octanol–water partition coefficient (Wildman–Crippen LogP) is 2.22. The van der Waals surface area contributed by atoms with Crippen LogP contribution in [0.1, 0.15) is 18.7 Å². The van der Waals surface area contributed by atoms with Gasteiger partial charge in [0.15, 0.2) is 0 Å². The molecule has 15 heavy (non-hydrogen) atoms. The normalized spacial score (nSPS) is 14.1. The van der Waals surface area contributed by atoms with Gasteiger partial charge in [-0.1, -0.05) is 6.92 Å². The van der Waals surface area contributed by atoms with E-state index in [1.54, 1.807) is 13.0 Å². The molecule has 1 unspecified atom stereocenters. The van der Waals surface area contributed by atoms with Crippen molar-refractivity contribution < 1.29 is 8.42 Å². The van der Waals surface area contributed by atoms with Gasteiger partial charge >= 0.3 is 0 Å². The predicted molar refractivity (Wildman–Crippen MR) is 64.2 cm³/mol. The fraction of sp³-hybridized carbons (Fsp3) is 0.556. The molecule has 1 heterocycles. The van der Waals surface area contributed by atoms with Crippen molar-refractivity contribution >= 4 is 33.0 Å². The van der Waals surface area contributed by atoms with Crippen molar-refractivity contribution in [2.24, 2.45) is 0 Å². The van der Waals surface area contributed by atoms with Gasteiger partial charge in [-0.15, -0.1) is 22.9 Å². The number of halogens is 1. The Balaban J connectivity index is 2.86. The zero-order chi connectivity index (χ0) is 11.5. The third kappa shape index (κ3) is 3.45. The van der Waals surface area contributed by atoms with Gasteiger partial charge < -0.3 is 0 Å². The second-order valence-corrected chi connectivity index (χ2v) is 6.67. The summed E-state index contributed by atoms with van der Waals surface area (Å²) in [5.41, 5.74) is 0. The van der Waals surface area contributed by atoms with Crippen LogP contribution in [0.2, 0.25) is 0 Å². The van der Waals surface area contributed by atoms with Crippen LogP contribution >= 0.6 is 22.9 Å². The number of sulfonamides is 1. The fourth-order valence-corrected chi connectivity index (χ4v) is 3.77. The third-order valence-electron chi connectivity index (χ3n) is 1.84. The molecule has 3 nitrogen and oxygen atoms in total. The molecule has 1 N–H and O–H groups in total. The summed E-state index contributed by atoms with van der Waals surface area (Å²) in [5.74, 6) is 0.269. The number of hydrogen-bond donors (Lipinski definition) is 1. The summed E-state index contributed by atoms with van der Waals surface area (Å²) >= 11 is 6.85. The smallest absolute Gasteiger partial charge is 0.206 e. The molecular formula is C9H14ClNO2S2. The molecule has 0 aliphatic rings. The van der Waals surface area contributed by atoms with Crippen LogP contribution in [0.25, 0.3) is 0 Å². The summed E-state index contributed by atoms with van der Waals surface area (Å²) in [7, 11) is -3.38. The molecular weight excluding hydrogens is 254 g/mol. The SMILES string of the molecule is CCc1ccc(S(=O)(=O)NC(C)CCl)s1. The standard InChI is InChI=1S/C9H14ClNO2S2/c1-3-8-4-5-9(14-8)15(12,13)11-7(2)6-10/h4-5,7,11H,3,6H2,1-2H3. The van der Waals surface area contributed by atoms with Gasteiger partial charge in [0.05, 0.1) is 0 Å². The van der Waals surface area contributed by atoms with Crippen molar-refractivity contribution in [3.63, 3.8) is 0 Å². The molecule has 1 aromatic heterocycles. The first kappa shape index (κ1) is 13.0. The first-order valence-corrected chi connectivity index (χ1v) is 7.50. The van der Waals surface area contributed by atoms with Crippen molar-refractivity contribution in [3.05, 3.63) is 17.0 Å². The second-order valence-electron chi connectivity index (χ2n) is 3.25. The quantitative estimate of drug-likeness (QED) is 0.832. The summed E-state index contributed by atoms with van der Waals surface area (Å²) in [6.07, 6.45) is 0.852. The summed E-state index contributed by atoms with van der Waals surface area (Å²) in [6.45, 7) is 3.73. The maximum Gasteiger partial charge on any atom is 0.250 e. The number of nitrogens with one attached hydrogen (secondary N) is 1. The number of rotatable bonds is 5. The topological polar surface area (TPSA) is 46.2 Å². The zero-order valence-corrected chi connectivity index (χ0v) is 11.0. The van der Waals surface area contributed by atoms with Crippen molar-refractivity contribution in [3.8, 4) is 0 Å². The molecule has 1 aromatic rings. The van der Waals surface area contributed by atoms with Crippen LogP contribution in [-0.4, -0.2) is 20.3 Å². The Bertz CT molecular complexity index is 414. The lowest BCUT2D eigenvalue weighted by atomic mass is 10.4. The number of aryl methyl sites for hydroxylation is 1. The van der Waals surface area contributed by atoms with E-state index in [1.807, 2.05) is 13.0 Å². The van der Waals surface area contributed by atoms with Gasteiger partial charge in [-0.3, -0.25) is 0 Å². The highest BCUT2D eigenvalue weighted by Gasteiger charge is 2.18. The molecule has 0 aromatic carbocycles. The first-order chi connectivity index (χ1) is 6.99. The Morgan fingerprint density at radius 2 is 2.20 bits per heavy atom. The van der Waals surface area contributed by atoms with E-state index in [1.165, 1.54) is 11.3 Å². The fourth-order valence-electron chi connectivity index (χ4n) is 1.05. The Kier molecular flexibility index (Phi) is 4.58. The van der Waals surface area contributed by atoms with Crippen molar-refractivity contribution in [1.82, 2.24) is 4.72 Å². The molecule has 0 spiro atoms. The van der Waals surface area contributed by atoms with E-state index in [-0.39, 0.29) is 11.9 Å². The molecule has 0 saturated carbocycles. The minimum atomic E-state index is -3.38. The zero-order valence-electron chi connectivity index (χ0n) is 8.66. The minimum absolute atomic E-state index is 0.246. The lowest BCUT2D eigenvalue weighted by Gasteiger charge is -2.09. The van der Waals surface area contributed by atoms with E-state index in [4.69, 9.17) is 11.6 Å². The van der Waals surface area contributed by atoms with Gasteiger partial charge in [0, 0.05) is 16.8 Å². The van der Waals surface area contributed by atoms with Crippen LogP contribution in [0.15, 0.2) is 16.3 Å². The molecule has 0 amide bonds. The van der Waals surface area contributed by atoms with Gasteiger partial charge in [0.1, 0.15) is 4.21 Å². The van der Waals surface area contributed by atoms with Crippen molar-refractivity contribution in [2.75, 3.05) is 5.88 Å². The van der Waals surface area contributed by atoms with Gasteiger partial charge in [-0.2, -0.15) is 0 Å². The Labute approximate surface area is 99.5 Å². The highest BCUT2D eigenvalue weighted by atomic mass is 35.5. The van der Waals surface area contributed by atoms with Gasteiger partial charge in [0.25, 0.3) is 0 Å². The molecule has 86 valence electrons. The monoisotopic (exact) mass is 267 g/mol. The molecule has 1 rings (SSSR count). The van der Waals surface area contributed by atoms with E-state index in [9.17, 15) is 8.42 Å². The Morgan fingerprint density at radius 1 is 1.53 bits per heavy atom. The second kappa shape index (κ2) is 5.30. The van der Waals surface area contributed by atoms with Gasteiger partial charge in [0.2, 0.25) is 10.0 Å². The average Bonchev–Trinajstić information content (AvgIpc) is 2.65. The highest BCUT2D eigenvalue weighted by Crippen LogP contribution is 2.21. The summed E-state index contributed by atoms with van der Waals surface area (Å²) in [4.78, 5) is 1.06. The maximum absolute atomic E-state index is 11.8. The van der Waals surface area contributed by atoms with E-state index < -0.39 is 10.0 Å². The molecule has 0 saturated heterocycles. The van der Waals surface area contributed by atoms with E-state index in [2.05, 4.69) is 4.72 Å². The van der Waals surface area contributed by atoms with E-state index in [0.717, 1.165) is 11.3 Å².